The normalized spacial score (nSPS) is 12.2. The number of aryl methyl sites for hydroxylation is 1. The zero-order chi connectivity index (χ0) is 23.0. The highest BCUT2D eigenvalue weighted by Crippen LogP contribution is 2.32. The van der Waals surface area contributed by atoms with Crippen molar-refractivity contribution in [1.29, 1.82) is 0 Å². The standard InChI is InChI=1S/C20H18F3N3O4S/c1-11(2)17-25-19(30-26-17)15-6-4-5-12(3)16(15)24-18(27)13-7-9-14(10-8-13)31(28,29)20(21,22)23/h4-11H,1-3H3,(H,24,27). The van der Waals surface area contributed by atoms with Crippen molar-refractivity contribution in [3.63, 3.8) is 0 Å². The molecular formula is C20H18F3N3O4S. The number of aromatic nitrogens is 2. The Labute approximate surface area is 176 Å². The molecule has 0 fully saturated rings. The third kappa shape index (κ3) is 4.46. The number of para-hydroxylation sites is 1. The molecule has 0 atom stereocenters. The molecular weight excluding hydrogens is 435 g/mol. The lowest BCUT2D eigenvalue weighted by Gasteiger charge is -2.12. The van der Waals surface area contributed by atoms with E-state index in [9.17, 15) is 26.4 Å². The summed E-state index contributed by atoms with van der Waals surface area (Å²) in [4.78, 5) is 16.0. The third-order valence-corrected chi connectivity index (χ3v) is 5.93. The minimum Gasteiger partial charge on any atom is -0.334 e. The van der Waals surface area contributed by atoms with Crippen LogP contribution in [0.3, 0.4) is 0 Å². The number of nitrogens with one attached hydrogen (secondary N) is 1. The highest BCUT2D eigenvalue weighted by Gasteiger charge is 2.46. The topological polar surface area (TPSA) is 102 Å². The van der Waals surface area contributed by atoms with Crippen molar-refractivity contribution >= 4 is 21.4 Å². The SMILES string of the molecule is Cc1cccc(-c2nc(C(C)C)no2)c1NC(=O)c1ccc(S(=O)(=O)C(F)(F)F)cc1. The maximum absolute atomic E-state index is 12.7. The molecule has 0 saturated carbocycles. The molecule has 31 heavy (non-hydrogen) atoms. The maximum atomic E-state index is 12.7. The first kappa shape index (κ1) is 22.5. The molecule has 0 radical (unpaired) electrons. The van der Waals surface area contributed by atoms with Crippen molar-refractivity contribution in [2.45, 2.75) is 37.1 Å². The highest BCUT2D eigenvalue weighted by molar-refractivity contribution is 7.92. The molecule has 0 saturated heterocycles. The van der Waals surface area contributed by atoms with Crippen LogP contribution in [0, 0.1) is 6.92 Å². The molecule has 164 valence electrons. The van der Waals surface area contributed by atoms with Gasteiger partial charge in [-0.3, -0.25) is 4.79 Å². The average molecular weight is 453 g/mol. The highest BCUT2D eigenvalue weighted by atomic mass is 32.2. The molecule has 7 nitrogen and oxygen atoms in total. The van der Waals surface area contributed by atoms with Gasteiger partial charge in [0.25, 0.3) is 21.6 Å². The van der Waals surface area contributed by atoms with Crippen LogP contribution >= 0.6 is 0 Å². The lowest BCUT2D eigenvalue weighted by atomic mass is 10.1. The number of nitrogens with zero attached hydrogens (tertiary/aromatic N) is 2. The second-order valence-electron chi connectivity index (χ2n) is 7.04. The molecule has 0 spiro atoms. The van der Waals surface area contributed by atoms with Gasteiger partial charge < -0.3 is 9.84 Å². The molecule has 3 rings (SSSR count). The average Bonchev–Trinajstić information content (AvgIpc) is 3.19. The molecule has 1 heterocycles. The van der Waals surface area contributed by atoms with E-state index in [1.807, 2.05) is 13.8 Å². The van der Waals surface area contributed by atoms with E-state index in [4.69, 9.17) is 4.52 Å². The summed E-state index contributed by atoms with van der Waals surface area (Å²) >= 11 is 0. The quantitative estimate of drug-likeness (QED) is 0.600. The molecule has 1 aromatic heterocycles. The summed E-state index contributed by atoms with van der Waals surface area (Å²) in [5.41, 5.74) is -3.90. The van der Waals surface area contributed by atoms with Crippen molar-refractivity contribution < 1.29 is 30.9 Å². The van der Waals surface area contributed by atoms with Crippen molar-refractivity contribution in [3.05, 3.63) is 59.4 Å². The van der Waals surface area contributed by atoms with Gasteiger partial charge >= 0.3 is 5.51 Å². The summed E-state index contributed by atoms with van der Waals surface area (Å²) in [6.45, 7) is 5.55. The van der Waals surface area contributed by atoms with Crippen LogP contribution in [-0.4, -0.2) is 30.0 Å². The van der Waals surface area contributed by atoms with Gasteiger partial charge in [-0.1, -0.05) is 31.1 Å². The van der Waals surface area contributed by atoms with Crippen molar-refractivity contribution in [3.8, 4) is 11.5 Å². The number of sulfone groups is 1. The van der Waals surface area contributed by atoms with E-state index in [0.29, 0.717) is 22.6 Å². The Balaban J connectivity index is 1.90. The van der Waals surface area contributed by atoms with Gasteiger partial charge in [0.05, 0.1) is 16.1 Å². The van der Waals surface area contributed by atoms with E-state index >= 15 is 0 Å². The summed E-state index contributed by atoms with van der Waals surface area (Å²) in [7, 11) is -5.49. The summed E-state index contributed by atoms with van der Waals surface area (Å²) < 4.78 is 66.3. The van der Waals surface area contributed by atoms with Crippen molar-refractivity contribution in [2.75, 3.05) is 5.32 Å². The Kier molecular flexibility index (Phi) is 5.90. The van der Waals surface area contributed by atoms with Crippen molar-refractivity contribution in [1.82, 2.24) is 10.1 Å². The van der Waals surface area contributed by atoms with Crippen LogP contribution < -0.4 is 5.32 Å². The van der Waals surface area contributed by atoms with Crippen LogP contribution in [0.15, 0.2) is 51.9 Å². The number of anilines is 1. The Bertz CT molecular complexity index is 1220. The maximum Gasteiger partial charge on any atom is 0.501 e. The number of amides is 1. The van der Waals surface area contributed by atoms with Gasteiger partial charge in [0.2, 0.25) is 0 Å². The van der Waals surface area contributed by atoms with Crippen LogP contribution in [0.25, 0.3) is 11.5 Å². The molecule has 3 aromatic rings. The molecule has 1 N–H and O–H groups in total. The van der Waals surface area contributed by atoms with Gasteiger partial charge in [0.15, 0.2) is 5.82 Å². The first-order valence-corrected chi connectivity index (χ1v) is 10.6. The van der Waals surface area contributed by atoms with Gasteiger partial charge in [-0.25, -0.2) is 8.42 Å². The fourth-order valence-corrected chi connectivity index (χ4v) is 3.46. The van der Waals surface area contributed by atoms with Crippen LogP contribution in [0.5, 0.6) is 0 Å². The molecule has 0 unspecified atom stereocenters. The fraction of sp³-hybridized carbons (Fsp3) is 0.250. The zero-order valence-electron chi connectivity index (χ0n) is 16.7. The van der Waals surface area contributed by atoms with Crippen LogP contribution in [0.1, 0.15) is 41.5 Å². The second kappa shape index (κ2) is 8.14. The first-order chi connectivity index (χ1) is 14.4. The number of hydrogen-bond donors (Lipinski definition) is 1. The number of benzene rings is 2. The Morgan fingerprint density at radius 2 is 1.74 bits per heavy atom. The van der Waals surface area contributed by atoms with E-state index in [-0.39, 0.29) is 17.4 Å². The van der Waals surface area contributed by atoms with Crippen LogP contribution in [0.2, 0.25) is 0 Å². The van der Waals surface area contributed by atoms with E-state index in [0.717, 1.165) is 24.3 Å². The minimum absolute atomic E-state index is 0.0243. The fourth-order valence-electron chi connectivity index (χ4n) is 2.70. The first-order valence-electron chi connectivity index (χ1n) is 9.08. The summed E-state index contributed by atoms with van der Waals surface area (Å²) in [5, 5.41) is 6.59. The predicted molar refractivity (Wildman–Crippen MR) is 106 cm³/mol. The Hall–Kier alpha value is -3.21. The number of carbonyl (C=O) groups is 1. The molecule has 0 aliphatic carbocycles. The lowest BCUT2D eigenvalue weighted by Crippen LogP contribution is -2.23. The van der Waals surface area contributed by atoms with Crippen LogP contribution in [0.4, 0.5) is 18.9 Å². The van der Waals surface area contributed by atoms with E-state index in [1.54, 1.807) is 25.1 Å². The monoisotopic (exact) mass is 453 g/mol. The Morgan fingerprint density at radius 1 is 1.10 bits per heavy atom. The van der Waals surface area contributed by atoms with Gasteiger partial charge in [-0.05, 0) is 42.8 Å². The van der Waals surface area contributed by atoms with Crippen molar-refractivity contribution in [2.24, 2.45) is 0 Å². The van der Waals surface area contributed by atoms with Crippen LogP contribution in [-0.2, 0) is 9.84 Å². The molecule has 1 amide bonds. The zero-order valence-corrected chi connectivity index (χ0v) is 17.5. The lowest BCUT2D eigenvalue weighted by molar-refractivity contribution is -0.0436. The van der Waals surface area contributed by atoms with Gasteiger partial charge in [0, 0.05) is 11.5 Å². The van der Waals surface area contributed by atoms with Gasteiger partial charge in [0.1, 0.15) is 0 Å². The number of rotatable bonds is 5. The number of alkyl halides is 3. The summed E-state index contributed by atoms with van der Waals surface area (Å²) in [6.07, 6.45) is 0. The molecule has 11 heteroatoms. The molecule has 0 bridgehead atoms. The molecule has 0 aliphatic heterocycles. The van der Waals surface area contributed by atoms with E-state index < -0.39 is 26.1 Å². The second-order valence-corrected chi connectivity index (χ2v) is 8.98. The largest absolute Gasteiger partial charge is 0.501 e. The number of hydrogen-bond acceptors (Lipinski definition) is 6. The minimum atomic E-state index is -5.49. The number of halogens is 3. The summed E-state index contributed by atoms with van der Waals surface area (Å²) in [5.74, 6) is 0.0894. The molecule has 0 aliphatic rings. The van der Waals surface area contributed by atoms with E-state index in [2.05, 4.69) is 15.5 Å². The predicted octanol–water partition coefficient (Wildman–Crippen LogP) is 4.71. The molecule has 2 aromatic carbocycles. The summed E-state index contributed by atoms with van der Waals surface area (Å²) in [6, 6.07) is 8.67. The van der Waals surface area contributed by atoms with Gasteiger partial charge in [-0.15, -0.1) is 0 Å². The third-order valence-electron chi connectivity index (χ3n) is 4.43. The Morgan fingerprint density at radius 3 is 2.29 bits per heavy atom. The number of carbonyl (C=O) groups excluding carboxylic acids is 1. The van der Waals surface area contributed by atoms with E-state index in [1.165, 1.54) is 0 Å². The van der Waals surface area contributed by atoms with Gasteiger partial charge in [-0.2, -0.15) is 18.2 Å². The smallest absolute Gasteiger partial charge is 0.334 e.